The molecule has 2 N–H and O–H groups in total. The molecular weight excluding hydrogens is 128 g/mol. The van der Waals surface area contributed by atoms with Crippen LogP contribution in [0.15, 0.2) is 0 Å². The Morgan fingerprint density at radius 2 is 2.33 bits per heavy atom. The van der Waals surface area contributed by atoms with Crippen molar-refractivity contribution < 1.29 is 15.1 Å². The van der Waals surface area contributed by atoms with Gasteiger partial charge < -0.3 is 10.3 Å². The number of aromatic carboxylic acids is 1. The number of carboxylic acids is 1. The lowest BCUT2D eigenvalue weighted by Crippen LogP contribution is -2.00. The van der Waals surface area contributed by atoms with E-state index in [9.17, 15) is 4.79 Å². The number of nitrogens with zero attached hydrogens (tertiary/aromatic N) is 4. The molecule has 7 heteroatoms. The first-order valence-corrected chi connectivity index (χ1v) is 1.92. The second kappa shape index (κ2) is 1.69. The van der Waals surface area contributed by atoms with Crippen LogP contribution in [0.4, 0.5) is 0 Å². The molecule has 0 aliphatic heterocycles. The lowest BCUT2D eigenvalue weighted by Gasteiger charge is -1.76. The Labute approximate surface area is 48.5 Å². The van der Waals surface area contributed by atoms with Crippen molar-refractivity contribution in [1.29, 1.82) is 0 Å². The first-order chi connectivity index (χ1) is 4.20. The summed E-state index contributed by atoms with van der Waals surface area (Å²) in [4.78, 5) is 10.0. The summed E-state index contributed by atoms with van der Waals surface area (Å²) in [5, 5.41) is 25.2. The second-order valence-electron chi connectivity index (χ2n) is 1.19. The minimum absolute atomic E-state index is 0.0868. The molecule has 48 valence electrons. The summed E-state index contributed by atoms with van der Waals surface area (Å²) in [5.41, 5.74) is 0. The van der Waals surface area contributed by atoms with Gasteiger partial charge in [-0.2, -0.15) is 0 Å². The maximum absolute atomic E-state index is 9.92. The van der Waals surface area contributed by atoms with Gasteiger partial charge in [-0.25, -0.2) is 4.79 Å². The third-order valence-electron chi connectivity index (χ3n) is 0.595. The maximum Gasteiger partial charge on any atom is 0.377 e. The number of rotatable bonds is 1. The zero-order valence-electron chi connectivity index (χ0n) is 4.09. The van der Waals surface area contributed by atoms with Gasteiger partial charge in [-0.05, 0) is 5.21 Å². The van der Waals surface area contributed by atoms with E-state index in [1.54, 1.807) is 0 Å². The molecule has 1 aromatic heterocycles. The largest absolute Gasteiger partial charge is 0.475 e. The highest BCUT2D eigenvalue weighted by Gasteiger charge is 2.08. The van der Waals surface area contributed by atoms with E-state index in [1.807, 2.05) is 0 Å². The lowest BCUT2D eigenvalue weighted by molar-refractivity contribution is 0.0670. The third-order valence-corrected chi connectivity index (χ3v) is 0.595. The van der Waals surface area contributed by atoms with Crippen LogP contribution in [-0.4, -0.2) is 36.7 Å². The fourth-order valence-corrected chi connectivity index (χ4v) is 0.293. The maximum atomic E-state index is 9.92. The summed E-state index contributed by atoms with van der Waals surface area (Å²) < 4.78 is 0. The van der Waals surface area contributed by atoms with E-state index in [0.29, 0.717) is 0 Å². The predicted molar refractivity (Wildman–Crippen MR) is 22.0 cm³/mol. The van der Waals surface area contributed by atoms with Gasteiger partial charge in [-0.15, -0.1) is 0 Å². The third kappa shape index (κ3) is 0.929. The van der Waals surface area contributed by atoms with Crippen LogP contribution in [0.1, 0.15) is 10.6 Å². The molecule has 0 aliphatic carbocycles. The molecular formula is C2H2N4O3. The Morgan fingerprint density at radius 3 is 2.56 bits per heavy atom. The van der Waals surface area contributed by atoms with E-state index in [4.69, 9.17) is 10.3 Å². The zero-order chi connectivity index (χ0) is 6.85. The van der Waals surface area contributed by atoms with Crippen molar-refractivity contribution in [3.8, 4) is 0 Å². The summed E-state index contributed by atoms with van der Waals surface area (Å²) in [7, 11) is 0. The summed E-state index contributed by atoms with van der Waals surface area (Å²) in [6.07, 6.45) is 0. The Hall–Kier alpha value is -1.66. The molecule has 9 heavy (non-hydrogen) atoms. The molecule has 0 spiro atoms. The molecule has 0 aromatic carbocycles. The van der Waals surface area contributed by atoms with Crippen LogP contribution in [0.25, 0.3) is 0 Å². The van der Waals surface area contributed by atoms with Crippen molar-refractivity contribution in [2.24, 2.45) is 0 Å². The molecule has 0 atom stereocenters. The van der Waals surface area contributed by atoms with E-state index in [-0.39, 0.29) is 4.96 Å². The highest BCUT2D eigenvalue weighted by molar-refractivity contribution is 5.82. The van der Waals surface area contributed by atoms with Crippen molar-refractivity contribution in [3.05, 3.63) is 5.82 Å². The summed E-state index contributed by atoms with van der Waals surface area (Å²) in [5.74, 6) is -1.85. The average Bonchev–Trinajstić information content (AvgIpc) is 2.14. The van der Waals surface area contributed by atoms with Gasteiger partial charge in [-0.3, -0.25) is 0 Å². The number of tetrazole rings is 1. The lowest BCUT2D eigenvalue weighted by atomic mass is 10.7. The van der Waals surface area contributed by atoms with Crippen LogP contribution in [0, 0.1) is 0 Å². The van der Waals surface area contributed by atoms with Gasteiger partial charge in [0.25, 0.3) is 5.82 Å². The molecule has 0 unspecified atom stereocenters. The summed E-state index contributed by atoms with van der Waals surface area (Å²) >= 11 is 0. The van der Waals surface area contributed by atoms with E-state index in [1.165, 1.54) is 0 Å². The Morgan fingerprint density at radius 1 is 1.67 bits per heavy atom. The normalized spacial score (nSPS) is 9.33. The van der Waals surface area contributed by atoms with Crippen LogP contribution in [0.3, 0.4) is 0 Å². The van der Waals surface area contributed by atoms with Crippen LogP contribution < -0.4 is 0 Å². The van der Waals surface area contributed by atoms with E-state index in [2.05, 4.69) is 15.4 Å². The molecule has 7 nitrogen and oxygen atoms in total. The molecule has 1 rings (SSSR count). The molecule has 0 radical (unpaired) electrons. The van der Waals surface area contributed by atoms with Crippen LogP contribution >= 0.6 is 0 Å². The van der Waals surface area contributed by atoms with Gasteiger partial charge in [0.2, 0.25) is 0 Å². The van der Waals surface area contributed by atoms with Gasteiger partial charge >= 0.3 is 5.97 Å². The second-order valence-corrected chi connectivity index (χ2v) is 1.19. The number of hydrogen-bond donors (Lipinski definition) is 2. The molecule has 0 amide bonds. The molecule has 0 saturated heterocycles. The minimum atomic E-state index is -1.32. The molecule has 0 saturated carbocycles. The van der Waals surface area contributed by atoms with E-state index >= 15 is 0 Å². The zero-order valence-corrected chi connectivity index (χ0v) is 4.09. The molecule has 1 aromatic rings. The monoisotopic (exact) mass is 130 g/mol. The SMILES string of the molecule is O=C(O)c1nnn(O)n1. The molecule has 0 aliphatic rings. The van der Waals surface area contributed by atoms with E-state index < -0.39 is 11.8 Å². The van der Waals surface area contributed by atoms with Crippen LogP contribution in [0.5, 0.6) is 0 Å². The van der Waals surface area contributed by atoms with Crippen molar-refractivity contribution in [2.75, 3.05) is 0 Å². The van der Waals surface area contributed by atoms with Gasteiger partial charge in [0, 0.05) is 4.96 Å². The summed E-state index contributed by atoms with van der Waals surface area (Å²) in [6.45, 7) is 0. The van der Waals surface area contributed by atoms with E-state index in [0.717, 1.165) is 0 Å². The molecule has 1 heterocycles. The first kappa shape index (κ1) is 5.48. The summed E-state index contributed by atoms with van der Waals surface area (Å²) in [6, 6.07) is 0. The van der Waals surface area contributed by atoms with Gasteiger partial charge in [0.1, 0.15) is 0 Å². The topological polar surface area (TPSA) is 101 Å². The predicted octanol–water partition coefficient (Wildman–Crippen LogP) is -1.39. The molecule has 0 bridgehead atoms. The average molecular weight is 130 g/mol. The molecule has 0 fully saturated rings. The Kier molecular flexibility index (Phi) is 1.03. The van der Waals surface area contributed by atoms with Crippen molar-refractivity contribution in [3.63, 3.8) is 0 Å². The Balaban J connectivity index is 2.98. The fraction of sp³-hybridized carbons (Fsp3) is 0. The highest BCUT2D eigenvalue weighted by Crippen LogP contribution is 1.80. The number of carboxylic acid groups (broad SMARTS) is 1. The van der Waals surface area contributed by atoms with Crippen LogP contribution in [0.2, 0.25) is 0 Å². The Bertz CT molecular complexity index is 229. The first-order valence-electron chi connectivity index (χ1n) is 1.92. The van der Waals surface area contributed by atoms with Gasteiger partial charge in [0.05, 0.1) is 0 Å². The van der Waals surface area contributed by atoms with Crippen molar-refractivity contribution in [2.45, 2.75) is 0 Å². The van der Waals surface area contributed by atoms with Crippen LogP contribution in [-0.2, 0) is 0 Å². The number of hydrogen-bond acceptors (Lipinski definition) is 5. The standard InChI is InChI=1S/C2H2N4O3/c7-2(8)1-3-5-6(9)4-1/h9H,(H,7,8). The number of aromatic nitrogens is 4. The van der Waals surface area contributed by atoms with Crippen molar-refractivity contribution >= 4 is 5.97 Å². The fourth-order valence-electron chi connectivity index (χ4n) is 0.293. The smallest absolute Gasteiger partial charge is 0.377 e. The van der Waals surface area contributed by atoms with Crippen molar-refractivity contribution in [1.82, 2.24) is 20.4 Å². The van der Waals surface area contributed by atoms with Gasteiger partial charge in [-0.1, -0.05) is 10.2 Å². The minimum Gasteiger partial charge on any atom is -0.475 e. The quantitative estimate of drug-likeness (QED) is 0.454. The van der Waals surface area contributed by atoms with Gasteiger partial charge in [0.15, 0.2) is 0 Å². The highest BCUT2D eigenvalue weighted by atomic mass is 16.5. The number of carbonyl (C=O) groups is 1.